The van der Waals surface area contributed by atoms with Crippen LogP contribution in [0.15, 0.2) is 24.3 Å². The predicted octanol–water partition coefficient (Wildman–Crippen LogP) is 1.73. The molecule has 0 fully saturated rings. The highest BCUT2D eigenvalue weighted by Gasteiger charge is 2.07. The van der Waals surface area contributed by atoms with Gasteiger partial charge in [-0.25, -0.2) is 0 Å². The van der Waals surface area contributed by atoms with E-state index in [2.05, 4.69) is 12.2 Å². The van der Waals surface area contributed by atoms with Gasteiger partial charge in [0.05, 0.1) is 12.6 Å². The SMILES string of the molecule is CCCNC(CO)COc1ccccc1C. The van der Waals surface area contributed by atoms with Crippen LogP contribution >= 0.6 is 0 Å². The van der Waals surface area contributed by atoms with Gasteiger partial charge in [0.1, 0.15) is 12.4 Å². The fourth-order valence-electron chi connectivity index (χ4n) is 1.43. The van der Waals surface area contributed by atoms with E-state index in [1.807, 2.05) is 31.2 Å². The average Bonchev–Trinajstić information content (AvgIpc) is 2.31. The normalized spacial score (nSPS) is 12.4. The topological polar surface area (TPSA) is 41.5 Å². The molecule has 0 aliphatic heterocycles. The first kappa shape index (κ1) is 13.0. The van der Waals surface area contributed by atoms with Gasteiger partial charge in [-0.1, -0.05) is 25.1 Å². The summed E-state index contributed by atoms with van der Waals surface area (Å²) in [5.41, 5.74) is 1.12. The van der Waals surface area contributed by atoms with Crippen LogP contribution in [0.4, 0.5) is 0 Å². The highest BCUT2D eigenvalue weighted by Crippen LogP contribution is 2.16. The third kappa shape index (κ3) is 4.21. The second kappa shape index (κ2) is 7.25. The van der Waals surface area contributed by atoms with Crippen molar-refractivity contribution in [3.8, 4) is 5.75 Å². The van der Waals surface area contributed by atoms with Gasteiger partial charge in [-0.15, -0.1) is 0 Å². The third-order valence-corrected chi connectivity index (χ3v) is 2.44. The molecule has 0 bridgehead atoms. The van der Waals surface area contributed by atoms with Crippen molar-refractivity contribution in [3.63, 3.8) is 0 Å². The quantitative estimate of drug-likeness (QED) is 0.739. The summed E-state index contributed by atoms with van der Waals surface area (Å²) in [6.45, 7) is 5.63. The number of hydrogen-bond acceptors (Lipinski definition) is 3. The number of aliphatic hydroxyl groups excluding tert-OH is 1. The summed E-state index contributed by atoms with van der Waals surface area (Å²) in [4.78, 5) is 0. The summed E-state index contributed by atoms with van der Waals surface area (Å²) in [6.07, 6.45) is 1.06. The zero-order valence-electron chi connectivity index (χ0n) is 10.1. The van der Waals surface area contributed by atoms with Gasteiger partial charge in [0, 0.05) is 0 Å². The number of aryl methyl sites for hydroxylation is 1. The largest absolute Gasteiger partial charge is 0.492 e. The van der Waals surface area contributed by atoms with Crippen molar-refractivity contribution < 1.29 is 9.84 Å². The smallest absolute Gasteiger partial charge is 0.122 e. The van der Waals surface area contributed by atoms with Crippen molar-refractivity contribution in [2.24, 2.45) is 0 Å². The lowest BCUT2D eigenvalue weighted by molar-refractivity contribution is 0.183. The van der Waals surface area contributed by atoms with Crippen LogP contribution < -0.4 is 10.1 Å². The lowest BCUT2D eigenvalue weighted by atomic mass is 10.2. The van der Waals surface area contributed by atoms with E-state index in [9.17, 15) is 0 Å². The predicted molar refractivity (Wildman–Crippen MR) is 65.8 cm³/mol. The Morgan fingerprint density at radius 2 is 2.12 bits per heavy atom. The van der Waals surface area contributed by atoms with Crippen LogP contribution in [0.25, 0.3) is 0 Å². The second-order valence-corrected chi connectivity index (χ2v) is 3.91. The van der Waals surface area contributed by atoms with Crippen molar-refractivity contribution in [1.29, 1.82) is 0 Å². The second-order valence-electron chi connectivity index (χ2n) is 3.91. The molecular formula is C13H21NO2. The molecule has 0 saturated heterocycles. The molecule has 1 aromatic carbocycles. The van der Waals surface area contributed by atoms with Crippen LogP contribution in [0.5, 0.6) is 5.75 Å². The van der Waals surface area contributed by atoms with Gasteiger partial charge in [0.2, 0.25) is 0 Å². The van der Waals surface area contributed by atoms with E-state index in [0.29, 0.717) is 6.61 Å². The number of ether oxygens (including phenoxy) is 1. The minimum atomic E-state index is 0.0135. The molecule has 3 nitrogen and oxygen atoms in total. The zero-order chi connectivity index (χ0) is 11.8. The monoisotopic (exact) mass is 223 g/mol. The minimum absolute atomic E-state index is 0.0135. The summed E-state index contributed by atoms with van der Waals surface area (Å²) in [5, 5.41) is 12.4. The Morgan fingerprint density at radius 3 is 2.75 bits per heavy atom. The zero-order valence-corrected chi connectivity index (χ0v) is 10.1. The molecule has 0 spiro atoms. The van der Waals surface area contributed by atoms with E-state index >= 15 is 0 Å². The van der Waals surface area contributed by atoms with Crippen LogP contribution in [0, 0.1) is 6.92 Å². The van der Waals surface area contributed by atoms with Crippen LogP contribution in [0.1, 0.15) is 18.9 Å². The first-order valence-electron chi connectivity index (χ1n) is 5.80. The van der Waals surface area contributed by atoms with E-state index in [-0.39, 0.29) is 12.6 Å². The Hall–Kier alpha value is -1.06. The van der Waals surface area contributed by atoms with E-state index in [1.165, 1.54) is 0 Å². The summed E-state index contributed by atoms with van der Waals surface area (Å²) in [5.74, 6) is 0.888. The van der Waals surface area contributed by atoms with E-state index in [1.54, 1.807) is 0 Å². The summed E-state index contributed by atoms with van der Waals surface area (Å²) in [7, 11) is 0. The molecule has 90 valence electrons. The number of hydrogen-bond donors (Lipinski definition) is 2. The molecule has 0 radical (unpaired) electrons. The molecule has 0 heterocycles. The van der Waals surface area contributed by atoms with Crippen molar-refractivity contribution in [2.75, 3.05) is 19.8 Å². The fourth-order valence-corrected chi connectivity index (χ4v) is 1.43. The molecule has 1 unspecified atom stereocenters. The number of nitrogens with one attached hydrogen (secondary N) is 1. The first-order valence-corrected chi connectivity index (χ1v) is 5.80. The molecule has 0 saturated carbocycles. The van der Waals surface area contributed by atoms with Gasteiger partial charge in [0.25, 0.3) is 0 Å². The molecule has 0 amide bonds. The highest BCUT2D eigenvalue weighted by atomic mass is 16.5. The lowest BCUT2D eigenvalue weighted by Gasteiger charge is -2.17. The molecule has 1 rings (SSSR count). The maximum absolute atomic E-state index is 9.16. The van der Waals surface area contributed by atoms with E-state index < -0.39 is 0 Å². The molecular weight excluding hydrogens is 202 g/mol. The highest BCUT2D eigenvalue weighted by molar-refractivity contribution is 5.31. The number of para-hydroxylation sites is 1. The summed E-state index contributed by atoms with van der Waals surface area (Å²) < 4.78 is 5.66. The lowest BCUT2D eigenvalue weighted by Crippen LogP contribution is -2.38. The Kier molecular flexibility index (Phi) is 5.90. The van der Waals surface area contributed by atoms with Gasteiger partial charge >= 0.3 is 0 Å². The molecule has 3 heteroatoms. The molecule has 0 aliphatic carbocycles. The van der Waals surface area contributed by atoms with Crippen molar-refractivity contribution in [1.82, 2.24) is 5.32 Å². The Morgan fingerprint density at radius 1 is 1.38 bits per heavy atom. The molecule has 1 aromatic rings. The Balaban J connectivity index is 2.40. The third-order valence-electron chi connectivity index (χ3n) is 2.44. The van der Waals surface area contributed by atoms with E-state index in [0.717, 1.165) is 24.3 Å². The van der Waals surface area contributed by atoms with Gasteiger partial charge in [-0.05, 0) is 31.5 Å². The molecule has 2 N–H and O–H groups in total. The first-order chi connectivity index (χ1) is 7.77. The Labute approximate surface area is 97.4 Å². The number of aliphatic hydroxyl groups is 1. The van der Waals surface area contributed by atoms with Crippen molar-refractivity contribution in [3.05, 3.63) is 29.8 Å². The maximum Gasteiger partial charge on any atom is 0.122 e. The number of rotatable bonds is 7. The molecule has 1 atom stereocenters. The van der Waals surface area contributed by atoms with Gasteiger partial charge in [-0.3, -0.25) is 0 Å². The van der Waals surface area contributed by atoms with E-state index in [4.69, 9.17) is 9.84 Å². The standard InChI is InChI=1S/C13H21NO2/c1-3-8-14-12(9-15)10-16-13-7-5-4-6-11(13)2/h4-7,12,14-15H,3,8-10H2,1-2H3. The average molecular weight is 223 g/mol. The van der Waals surface area contributed by atoms with Gasteiger partial charge in [-0.2, -0.15) is 0 Å². The molecule has 0 aromatic heterocycles. The van der Waals surface area contributed by atoms with Crippen LogP contribution in [0.3, 0.4) is 0 Å². The minimum Gasteiger partial charge on any atom is -0.492 e. The van der Waals surface area contributed by atoms with Crippen LogP contribution in [0.2, 0.25) is 0 Å². The fraction of sp³-hybridized carbons (Fsp3) is 0.538. The maximum atomic E-state index is 9.16. The van der Waals surface area contributed by atoms with Crippen LogP contribution in [-0.2, 0) is 0 Å². The van der Waals surface area contributed by atoms with Crippen LogP contribution in [-0.4, -0.2) is 30.9 Å². The van der Waals surface area contributed by atoms with Gasteiger partial charge in [0.15, 0.2) is 0 Å². The Bertz CT molecular complexity index is 302. The van der Waals surface area contributed by atoms with Crippen molar-refractivity contribution in [2.45, 2.75) is 26.3 Å². The van der Waals surface area contributed by atoms with Gasteiger partial charge < -0.3 is 15.2 Å². The molecule has 0 aliphatic rings. The van der Waals surface area contributed by atoms with Crippen molar-refractivity contribution >= 4 is 0 Å². The summed E-state index contributed by atoms with van der Waals surface area (Å²) >= 11 is 0. The summed E-state index contributed by atoms with van der Waals surface area (Å²) in [6, 6.07) is 7.92. The molecule has 16 heavy (non-hydrogen) atoms. The number of benzene rings is 1.